The van der Waals surface area contributed by atoms with Gasteiger partial charge in [-0.05, 0) is 49.1 Å². The van der Waals surface area contributed by atoms with Gasteiger partial charge in [-0.1, -0.05) is 35.6 Å². The van der Waals surface area contributed by atoms with Crippen LogP contribution >= 0.6 is 11.3 Å². The number of rotatable bonds is 9. The van der Waals surface area contributed by atoms with Gasteiger partial charge in [0.15, 0.2) is 23.2 Å². The molecule has 3 aromatic rings. The Kier molecular flexibility index (Phi) is 6.84. The number of thiazole rings is 1. The maximum absolute atomic E-state index is 13.2. The van der Waals surface area contributed by atoms with Crippen LogP contribution in [-0.2, 0) is 16.0 Å². The van der Waals surface area contributed by atoms with Gasteiger partial charge in [0, 0.05) is 6.61 Å². The van der Waals surface area contributed by atoms with E-state index in [1.165, 1.54) is 11.3 Å². The molecular formula is C24H26N2O4S. The second kappa shape index (κ2) is 9.94. The monoisotopic (exact) mass is 438 g/mol. The molecule has 1 fully saturated rings. The lowest BCUT2D eigenvalue weighted by molar-refractivity contribution is -0.121. The van der Waals surface area contributed by atoms with Crippen molar-refractivity contribution in [2.24, 2.45) is 0 Å². The van der Waals surface area contributed by atoms with Crippen molar-refractivity contribution in [1.82, 2.24) is 4.98 Å². The Morgan fingerprint density at radius 1 is 1.32 bits per heavy atom. The van der Waals surface area contributed by atoms with Gasteiger partial charge < -0.3 is 14.2 Å². The number of nitrogens with zero attached hydrogens (tertiary/aromatic N) is 2. The van der Waals surface area contributed by atoms with E-state index >= 15 is 0 Å². The molecule has 162 valence electrons. The predicted molar refractivity (Wildman–Crippen MR) is 123 cm³/mol. The first-order chi connectivity index (χ1) is 15.2. The van der Waals surface area contributed by atoms with Crippen LogP contribution in [0.25, 0.3) is 10.2 Å². The maximum Gasteiger partial charge on any atom is 0.266 e. The molecule has 0 N–H and O–H groups in total. The van der Waals surface area contributed by atoms with E-state index < -0.39 is 0 Å². The Morgan fingerprint density at radius 3 is 2.94 bits per heavy atom. The quantitative estimate of drug-likeness (QED) is 0.456. The van der Waals surface area contributed by atoms with Crippen molar-refractivity contribution < 1.29 is 19.0 Å². The molecule has 1 aliphatic rings. The average Bonchev–Trinajstić information content (AvgIpc) is 3.45. The van der Waals surface area contributed by atoms with Crippen molar-refractivity contribution in [1.29, 1.82) is 0 Å². The minimum Gasteiger partial charge on any atom is -0.493 e. The Balaban J connectivity index is 1.52. The number of benzene rings is 2. The number of ether oxygens (including phenoxy) is 3. The minimum atomic E-state index is -0.160. The minimum absolute atomic E-state index is 0.0173. The van der Waals surface area contributed by atoms with Gasteiger partial charge in [-0.25, -0.2) is 4.98 Å². The molecular weight excluding hydrogens is 412 g/mol. The highest BCUT2D eigenvalue weighted by atomic mass is 32.1. The molecule has 1 unspecified atom stereocenters. The number of amides is 1. The van der Waals surface area contributed by atoms with Crippen molar-refractivity contribution >= 4 is 32.6 Å². The van der Waals surface area contributed by atoms with Gasteiger partial charge in [0.1, 0.15) is 0 Å². The van der Waals surface area contributed by atoms with E-state index in [1.54, 1.807) is 12.0 Å². The van der Waals surface area contributed by atoms with E-state index in [0.29, 0.717) is 23.2 Å². The Hall–Kier alpha value is -2.90. The molecule has 6 nitrogen and oxygen atoms in total. The topological polar surface area (TPSA) is 60.9 Å². The van der Waals surface area contributed by atoms with E-state index in [9.17, 15) is 4.79 Å². The lowest BCUT2D eigenvalue weighted by atomic mass is 10.1. The van der Waals surface area contributed by atoms with Gasteiger partial charge in [-0.3, -0.25) is 9.69 Å². The van der Waals surface area contributed by atoms with Crippen LogP contribution in [-0.4, -0.2) is 43.9 Å². The van der Waals surface area contributed by atoms with Gasteiger partial charge in [0.25, 0.3) is 5.91 Å². The number of carbonyl (C=O) groups excluding carboxylic acids is 1. The molecule has 2 heterocycles. The lowest BCUT2D eigenvalue weighted by Crippen LogP contribution is -2.40. The molecule has 0 saturated carbocycles. The third kappa shape index (κ3) is 5.06. The summed E-state index contributed by atoms with van der Waals surface area (Å²) in [6, 6.07) is 13.6. The predicted octanol–water partition coefficient (Wildman–Crippen LogP) is 4.62. The Bertz CT molecular complexity index is 1030. The first-order valence-electron chi connectivity index (χ1n) is 10.4. The van der Waals surface area contributed by atoms with Crippen molar-refractivity contribution in [3.05, 3.63) is 60.7 Å². The largest absolute Gasteiger partial charge is 0.493 e. The zero-order valence-electron chi connectivity index (χ0n) is 17.6. The van der Waals surface area contributed by atoms with Crippen LogP contribution in [0.4, 0.5) is 5.13 Å². The third-order valence-corrected chi connectivity index (χ3v) is 6.24. The molecule has 0 radical (unpaired) electrons. The highest BCUT2D eigenvalue weighted by molar-refractivity contribution is 7.22. The summed E-state index contributed by atoms with van der Waals surface area (Å²) in [6.07, 6.45) is 4.54. The summed E-state index contributed by atoms with van der Waals surface area (Å²) < 4.78 is 18.1. The summed E-state index contributed by atoms with van der Waals surface area (Å²) in [7, 11) is 1.59. The van der Waals surface area contributed by atoms with Gasteiger partial charge in [-0.15, -0.1) is 6.58 Å². The van der Waals surface area contributed by atoms with Crippen molar-refractivity contribution in [2.75, 3.05) is 31.8 Å². The number of methoxy groups -OCH3 is 1. The first-order valence-corrected chi connectivity index (χ1v) is 11.2. The maximum atomic E-state index is 13.2. The summed E-state index contributed by atoms with van der Waals surface area (Å²) in [5, 5.41) is 0.665. The number of allylic oxidation sites excluding steroid dienone is 1. The fourth-order valence-electron chi connectivity index (χ4n) is 3.60. The third-order valence-electron chi connectivity index (χ3n) is 5.18. The number of aromatic nitrogens is 1. The highest BCUT2D eigenvalue weighted by Gasteiger charge is 2.26. The molecule has 4 rings (SSSR count). The fraction of sp³-hybridized carbons (Fsp3) is 0.333. The molecule has 0 bridgehead atoms. The Labute approximate surface area is 186 Å². The van der Waals surface area contributed by atoms with Crippen molar-refractivity contribution in [3.8, 4) is 11.5 Å². The smallest absolute Gasteiger partial charge is 0.266 e. The van der Waals surface area contributed by atoms with Gasteiger partial charge in [0.05, 0.1) is 30.0 Å². The molecule has 31 heavy (non-hydrogen) atoms. The van der Waals surface area contributed by atoms with Crippen molar-refractivity contribution in [3.63, 3.8) is 0 Å². The molecule has 7 heteroatoms. The molecule has 1 atom stereocenters. The first kappa shape index (κ1) is 21.3. The Morgan fingerprint density at radius 2 is 2.19 bits per heavy atom. The number of fused-ring (bicyclic) bond motifs is 1. The average molecular weight is 439 g/mol. The number of anilines is 1. The van der Waals surface area contributed by atoms with E-state index in [2.05, 4.69) is 11.6 Å². The van der Waals surface area contributed by atoms with E-state index in [0.717, 1.165) is 41.6 Å². The van der Waals surface area contributed by atoms with Crippen molar-refractivity contribution in [2.45, 2.75) is 25.4 Å². The van der Waals surface area contributed by atoms with Crippen LogP contribution in [0.2, 0.25) is 0 Å². The summed E-state index contributed by atoms with van der Waals surface area (Å²) in [5.41, 5.74) is 1.95. The highest BCUT2D eigenvalue weighted by Crippen LogP contribution is 2.31. The van der Waals surface area contributed by atoms with Crippen LogP contribution in [0.5, 0.6) is 11.5 Å². The zero-order chi connectivity index (χ0) is 21.6. The summed E-state index contributed by atoms with van der Waals surface area (Å²) >= 11 is 1.50. The number of carbonyl (C=O) groups is 1. The fourth-order valence-corrected chi connectivity index (χ4v) is 4.59. The SMILES string of the molecule is C=CCc1ccc(OCC(=O)N(CC2CCCO2)c2nc3ccccc3s2)c(OC)c1. The molecule has 0 aliphatic carbocycles. The summed E-state index contributed by atoms with van der Waals surface area (Å²) in [6.45, 7) is 4.85. The number of hydrogen-bond donors (Lipinski definition) is 0. The van der Waals surface area contributed by atoms with Crippen LogP contribution in [0, 0.1) is 0 Å². The number of para-hydroxylation sites is 1. The van der Waals surface area contributed by atoms with E-state index in [4.69, 9.17) is 14.2 Å². The molecule has 2 aromatic carbocycles. The van der Waals surface area contributed by atoms with E-state index in [-0.39, 0.29) is 18.6 Å². The lowest BCUT2D eigenvalue weighted by Gasteiger charge is -2.23. The van der Waals surface area contributed by atoms with Gasteiger partial charge in [-0.2, -0.15) is 0 Å². The molecule has 1 saturated heterocycles. The molecule has 1 aliphatic heterocycles. The van der Waals surface area contributed by atoms with Crippen LogP contribution in [0.1, 0.15) is 18.4 Å². The second-order valence-corrected chi connectivity index (χ2v) is 8.38. The van der Waals surface area contributed by atoms with Crippen LogP contribution in [0.15, 0.2) is 55.1 Å². The van der Waals surface area contributed by atoms with Crippen LogP contribution < -0.4 is 14.4 Å². The van der Waals surface area contributed by atoms with E-state index in [1.807, 2.05) is 48.5 Å². The van der Waals surface area contributed by atoms with Gasteiger partial charge >= 0.3 is 0 Å². The molecule has 0 spiro atoms. The molecule has 1 aromatic heterocycles. The standard InChI is InChI=1S/C24H26N2O4S/c1-3-7-17-11-12-20(21(14-17)28-2)30-16-23(27)26(15-18-8-6-13-29-18)24-25-19-9-4-5-10-22(19)31-24/h3-5,9-12,14,18H,1,6-8,13,15-16H2,2H3. The van der Waals surface area contributed by atoms with Gasteiger partial charge in [0.2, 0.25) is 0 Å². The number of hydrogen-bond acceptors (Lipinski definition) is 6. The normalized spacial score (nSPS) is 15.7. The second-order valence-electron chi connectivity index (χ2n) is 7.37. The summed E-state index contributed by atoms with van der Waals surface area (Å²) in [4.78, 5) is 19.6. The molecule has 1 amide bonds. The zero-order valence-corrected chi connectivity index (χ0v) is 18.4. The summed E-state index contributed by atoms with van der Waals surface area (Å²) in [5.74, 6) is 0.967. The van der Waals surface area contributed by atoms with Crippen LogP contribution in [0.3, 0.4) is 0 Å².